The first-order valence-electron chi connectivity index (χ1n) is 15.4. The molecular weight excluding hydrogens is 691 g/mol. The number of esters is 1. The van der Waals surface area contributed by atoms with Crippen LogP contribution in [0.3, 0.4) is 0 Å². The molecule has 1 fully saturated rings. The Morgan fingerprint density at radius 3 is 1.98 bits per heavy atom. The third-order valence-electron chi connectivity index (χ3n) is 6.89. The van der Waals surface area contributed by atoms with Crippen LogP contribution < -0.4 is 10.1 Å². The molecule has 0 radical (unpaired) electrons. The highest BCUT2D eigenvalue weighted by molar-refractivity contribution is 5.73. The van der Waals surface area contributed by atoms with E-state index in [0.717, 1.165) is 0 Å². The highest BCUT2D eigenvalue weighted by Gasteiger charge is 2.45. The summed E-state index contributed by atoms with van der Waals surface area (Å²) >= 11 is 0. The van der Waals surface area contributed by atoms with Gasteiger partial charge in [0.15, 0.2) is 6.29 Å². The van der Waals surface area contributed by atoms with E-state index in [4.69, 9.17) is 28.4 Å². The smallest absolute Gasteiger partial charge is 0.313 e. The van der Waals surface area contributed by atoms with Crippen molar-refractivity contribution >= 4 is 11.9 Å². The Morgan fingerprint density at radius 1 is 0.840 bits per heavy atom. The minimum Gasteiger partial charge on any atom is -0.420 e. The lowest BCUT2D eigenvalue weighted by molar-refractivity contribution is -0.269. The Bertz CT molecular complexity index is 1350. The Balaban J connectivity index is 1.16. The predicted molar refractivity (Wildman–Crippen MR) is 155 cm³/mol. The predicted octanol–water partition coefficient (Wildman–Crippen LogP) is -0.461. The van der Waals surface area contributed by atoms with Gasteiger partial charge in [-0.05, 0) is 0 Å². The number of carbonyl (C=O) groups excluding carboxylic acids is 2. The van der Waals surface area contributed by atoms with Gasteiger partial charge >= 0.3 is 5.97 Å². The summed E-state index contributed by atoms with van der Waals surface area (Å²) in [6.07, 6.45) is -3.50. The van der Waals surface area contributed by atoms with Crippen LogP contribution in [0.5, 0.6) is 5.75 Å². The second-order valence-electron chi connectivity index (χ2n) is 10.6. The maximum Gasteiger partial charge on any atom is 0.313 e. The molecule has 1 aromatic carbocycles. The molecule has 1 aliphatic rings. The van der Waals surface area contributed by atoms with E-state index >= 15 is 0 Å². The average molecular weight is 731 g/mol. The molecule has 1 aromatic heterocycles. The zero-order valence-corrected chi connectivity index (χ0v) is 26.9. The molecule has 0 bridgehead atoms. The fourth-order valence-corrected chi connectivity index (χ4v) is 4.37. The summed E-state index contributed by atoms with van der Waals surface area (Å²) in [4.78, 5) is 23.2. The lowest BCUT2D eigenvalue weighted by atomic mass is 9.97. The number of carbonyl (C=O) groups is 2. The van der Waals surface area contributed by atoms with Crippen molar-refractivity contribution in [3.63, 3.8) is 0 Å². The third kappa shape index (κ3) is 12.4. The fraction of sp³-hybridized carbons (Fsp3) is 0.655. The van der Waals surface area contributed by atoms with E-state index in [0.29, 0.717) is 31.9 Å². The topological polar surface area (TPSA) is 202 Å². The summed E-state index contributed by atoms with van der Waals surface area (Å²) in [5.41, 5.74) is 0.596. The molecular formula is C29H39F5N4O12. The molecule has 0 saturated carbocycles. The minimum atomic E-state index is -2.36. The Hall–Kier alpha value is -3.41. The molecule has 1 saturated heterocycles. The summed E-state index contributed by atoms with van der Waals surface area (Å²) in [5, 5.41) is 40.3. The molecule has 1 amide bonds. The fourth-order valence-electron chi connectivity index (χ4n) is 4.37. The van der Waals surface area contributed by atoms with E-state index in [-0.39, 0.29) is 46.2 Å². The Labute approximate surface area is 282 Å². The van der Waals surface area contributed by atoms with Crippen LogP contribution in [0.1, 0.15) is 19.0 Å². The number of ether oxygens (including phenoxy) is 7. The first-order valence-corrected chi connectivity index (χ1v) is 15.4. The average Bonchev–Trinajstić information content (AvgIpc) is 3.55. The zero-order chi connectivity index (χ0) is 36.6. The van der Waals surface area contributed by atoms with Crippen LogP contribution >= 0.6 is 0 Å². The summed E-state index contributed by atoms with van der Waals surface area (Å²) in [7, 11) is 0. The molecule has 0 spiro atoms. The number of aliphatic hydroxyl groups excluding tert-OH is 3. The lowest BCUT2D eigenvalue weighted by Crippen LogP contribution is -2.64. The van der Waals surface area contributed by atoms with Crippen LogP contribution in [0.15, 0.2) is 6.20 Å². The molecule has 21 heteroatoms. The van der Waals surface area contributed by atoms with Gasteiger partial charge < -0.3 is 53.8 Å². The number of benzene rings is 1. The number of aromatic nitrogens is 3. The molecule has 4 N–H and O–H groups in total. The van der Waals surface area contributed by atoms with E-state index in [1.807, 2.05) is 0 Å². The van der Waals surface area contributed by atoms with Crippen molar-refractivity contribution in [2.24, 2.45) is 0 Å². The molecule has 2 heterocycles. The number of rotatable bonds is 22. The molecule has 3 rings (SSSR count). The summed E-state index contributed by atoms with van der Waals surface area (Å²) in [5.74, 6) is -14.7. The van der Waals surface area contributed by atoms with Crippen LogP contribution in [-0.2, 0) is 51.0 Å². The van der Waals surface area contributed by atoms with Gasteiger partial charge in [0.25, 0.3) is 0 Å². The van der Waals surface area contributed by atoms with Gasteiger partial charge in [0, 0.05) is 19.5 Å². The molecule has 282 valence electrons. The molecule has 0 unspecified atom stereocenters. The quantitative estimate of drug-likeness (QED) is 0.0303. The van der Waals surface area contributed by atoms with Crippen molar-refractivity contribution in [1.29, 1.82) is 0 Å². The molecule has 16 nitrogen and oxygen atoms in total. The van der Waals surface area contributed by atoms with Crippen molar-refractivity contribution in [3.8, 4) is 5.75 Å². The molecule has 1 aliphatic heterocycles. The van der Waals surface area contributed by atoms with E-state index in [1.165, 1.54) is 6.92 Å². The lowest BCUT2D eigenvalue weighted by Gasteiger charge is -2.42. The molecule has 0 aliphatic carbocycles. The van der Waals surface area contributed by atoms with Crippen LogP contribution in [0, 0.1) is 29.1 Å². The number of hydrogen-bond donors (Lipinski definition) is 4. The first kappa shape index (κ1) is 41.0. The first-order chi connectivity index (χ1) is 23.9. The van der Waals surface area contributed by atoms with Gasteiger partial charge in [-0.3, -0.25) is 9.59 Å². The molecule has 5 atom stereocenters. The van der Waals surface area contributed by atoms with Crippen molar-refractivity contribution in [2.45, 2.75) is 57.0 Å². The van der Waals surface area contributed by atoms with Gasteiger partial charge in [0.2, 0.25) is 40.7 Å². The number of halogens is 5. The number of aliphatic hydroxyl groups is 3. The SMILES string of the molecule is CC(=O)N[C@H]1[C@H](OCCc2cn(CCOCCOCCOCCOCCC(=O)Oc3c(F)c(F)c(F)c(F)c3F)nn2)O[C@H](CO)[C@H](O)[C@@H]1O. The summed E-state index contributed by atoms with van der Waals surface area (Å²) < 4.78 is 105. The Kier molecular flexibility index (Phi) is 17.3. The zero-order valence-electron chi connectivity index (χ0n) is 26.9. The van der Waals surface area contributed by atoms with Gasteiger partial charge in [-0.25, -0.2) is 17.9 Å². The monoisotopic (exact) mass is 730 g/mol. The van der Waals surface area contributed by atoms with E-state index in [1.54, 1.807) is 10.9 Å². The normalized spacial score (nSPS) is 20.6. The summed E-state index contributed by atoms with van der Waals surface area (Å²) in [6, 6.07) is -1.04. The van der Waals surface area contributed by atoms with E-state index < -0.39 is 90.4 Å². The van der Waals surface area contributed by atoms with Crippen LogP contribution in [-0.4, -0.2) is 139 Å². The minimum absolute atomic E-state index is 0.0458. The summed E-state index contributed by atoms with van der Waals surface area (Å²) in [6.45, 7) is 2.49. The maximum absolute atomic E-state index is 13.6. The van der Waals surface area contributed by atoms with Crippen molar-refractivity contribution in [2.75, 3.05) is 66.1 Å². The van der Waals surface area contributed by atoms with Gasteiger partial charge in [-0.1, -0.05) is 5.21 Å². The number of nitrogens with zero attached hydrogens (tertiary/aromatic N) is 3. The third-order valence-corrected chi connectivity index (χ3v) is 6.89. The number of nitrogens with one attached hydrogen (secondary N) is 1. The highest BCUT2D eigenvalue weighted by Crippen LogP contribution is 2.29. The van der Waals surface area contributed by atoms with Crippen LogP contribution in [0.25, 0.3) is 0 Å². The van der Waals surface area contributed by atoms with Crippen molar-refractivity contribution < 1.29 is 80.0 Å². The standard InChI is InChI=1S/C29H39F5N4O12/c1-16(40)35-25-27(43)26(42)18(15-39)49-29(25)48-6-2-17-14-38(37-36-17)4-7-45-9-11-47-13-12-46-10-8-44-5-3-19(41)50-28-23(33)21(31)20(30)22(32)24(28)34/h14,18,25-27,29,39,42-43H,2-13,15H2,1H3,(H,35,40)/t18-,25-,26+,27-,29-/m1/s1. The maximum atomic E-state index is 13.6. The number of hydrogen-bond acceptors (Lipinski definition) is 14. The largest absolute Gasteiger partial charge is 0.420 e. The van der Waals surface area contributed by atoms with Crippen LogP contribution in [0.4, 0.5) is 22.0 Å². The number of amides is 1. The van der Waals surface area contributed by atoms with Gasteiger partial charge in [0.05, 0.1) is 84.7 Å². The van der Waals surface area contributed by atoms with Gasteiger partial charge in [0.1, 0.15) is 24.4 Å². The second kappa shape index (κ2) is 21.1. The Morgan fingerprint density at radius 2 is 1.40 bits per heavy atom. The molecule has 50 heavy (non-hydrogen) atoms. The van der Waals surface area contributed by atoms with Crippen LogP contribution in [0.2, 0.25) is 0 Å². The second-order valence-corrected chi connectivity index (χ2v) is 10.6. The van der Waals surface area contributed by atoms with Gasteiger partial charge in [-0.2, -0.15) is 8.78 Å². The van der Waals surface area contributed by atoms with E-state index in [2.05, 4.69) is 20.4 Å². The highest BCUT2D eigenvalue weighted by atomic mass is 19.2. The molecule has 2 aromatic rings. The van der Waals surface area contributed by atoms with Gasteiger partial charge in [-0.15, -0.1) is 5.10 Å². The van der Waals surface area contributed by atoms with E-state index in [9.17, 15) is 46.9 Å². The van der Waals surface area contributed by atoms with Crippen molar-refractivity contribution in [1.82, 2.24) is 20.3 Å². The van der Waals surface area contributed by atoms with Crippen molar-refractivity contribution in [3.05, 3.63) is 41.0 Å².